The number of anilines is 1. The fraction of sp³-hybridized carbons (Fsp3) is 0.257. The van der Waals surface area contributed by atoms with Crippen LogP contribution >= 0.6 is 0 Å². The number of benzene rings is 4. The van der Waals surface area contributed by atoms with Crippen molar-refractivity contribution in [3.8, 4) is 5.75 Å². The van der Waals surface area contributed by atoms with Crippen molar-refractivity contribution >= 4 is 27.5 Å². The van der Waals surface area contributed by atoms with Gasteiger partial charge in [-0.25, -0.2) is 12.8 Å². The maximum atomic E-state index is 14.4. The van der Waals surface area contributed by atoms with Crippen LogP contribution in [0, 0.1) is 5.82 Å². The Balaban J connectivity index is 1.77. The quantitative estimate of drug-likeness (QED) is 0.196. The van der Waals surface area contributed by atoms with E-state index in [1.54, 1.807) is 0 Å². The Morgan fingerprint density at radius 2 is 1.40 bits per heavy atom. The molecule has 0 heterocycles. The Hall–Kier alpha value is -4.70. The average molecular weight is 632 g/mol. The molecule has 4 aromatic carbocycles. The first-order valence-corrected chi connectivity index (χ1v) is 16.2. The second kappa shape index (κ2) is 15.3. The van der Waals surface area contributed by atoms with Gasteiger partial charge in [-0.15, -0.1) is 0 Å². The molecule has 0 aliphatic carbocycles. The monoisotopic (exact) mass is 631 g/mol. The molecule has 0 bridgehead atoms. The minimum absolute atomic E-state index is 0.0586. The van der Waals surface area contributed by atoms with E-state index in [0.29, 0.717) is 12.4 Å². The lowest BCUT2D eigenvalue weighted by molar-refractivity contribution is -0.140. The number of carbonyl (C=O) groups is 2. The summed E-state index contributed by atoms with van der Waals surface area (Å²) in [6.07, 6.45) is 0.208. The molecule has 2 amide bonds. The van der Waals surface area contributed by atoms with Crippen molar-refractivity contribution in [2.45, 2.75) is 50.7 Å². The number of nitrogens with zero attached hydrogens (tertiary/aromatic N) is 2. The zero-order chi connectivity index (χ0) is 32.4. The fourth-order valence-electron chi connectivity index (χ4n) is 4.85. The van der Waals surface area contributed by atoms with Gasteiger partial charge in [-0.2, -0.15) is 0 Å². The molecule has 0 spiro atoms. The predicted octanol–water partition coefficient (Wildman–Crippen LogP) is 5.58. The van der Waals surface area contributed by atoms with E-state index in [-0.39, 0.29) is 35.5 Å². The van der Waals surface area contributed by atoms with Gasteiger partial charge in [0.2, 0.25) is 11.8 Å². The summed E-state index contributed by atoms with van der Waals surface area (Å²) in [7, 11) is -4.32. The number of amides is 2. The molecule has 236 valence electrons. The second-order valence-corrected chi connectivity index (χ2v) is 12.6. The van der Waals surface area contributed by atoms with E-state index in [2.05, 4.69) is 5.32 Å². The normalized spacial score (nSPS) is 11.9. The van der Waals surface area contributed by atoms with Gasteiger partial charge in [-0.3, -0.25) is 13.9 Å². The van der Waals surface area contributed by atoms with Crippen LogP contribution in [0.4, 0.5) is 10.1 Å². The van der Waals surface area contributed by atoms with Crippen molar-refractivity contribution < 1.29 is 27.1 Å². The number of hydrogen-bond donors (Lipinski definition) is 1. The van der Waals surface area contributed by atoms with Crippen molar-refractivity contribution in [2.24, 2.45) is 0 Å². The molecule has 0 fully saturated rings. The Bertz CT molecular complexity index is 1650. The summed E-state index contributed by atoms with van der Waals surface area (Å²) >= 11 is 0. The van der Waals surface area contributed by atoms with Crippen molar-refractivity contribution in [3.63, 3.8) is 0 Å². The topological polar surface area (TPSA) is 96.0 Å². The molecule has 0 saturated heterocycles. The third-order valence-electron chi connectivity index (χ3n) is 7.01. The molecular weight excluding hydrogens is 593 g/mol. The number of ether oxygens (including phenoxy) is 1. The summed E-state index contributed by atoms with van der Waals surface area (Å²) in [5.74, 6) is -1.02. The fourth-order valence-corrected chi connectivity index (χ4v) is 6.27. The summed E-state index contributed by atoms with van der Waals surface area (Å²) in [5, 5.41) is 2.93. The molecule has 10 heteroatoms. The lowest BCUT2D eigenvalue weighted by atomic mass is 10.0. The smallest absolute Gasteiger partial charge is 0.264 e. The highest BCUT2D eigenvalue weighted by molar-refractivity contribution is 7.92. The third kappa shape index (κ3) is 8.92. The van der Waals surface area contributed by atoms with E-state index in [1.165, 1.54) is 41.3 Å². The molecule has 0 radical (unpaired) electrons. The van der Waals surface area contributed by atoms with Crippen molar-refractivity contribution in [2.75, 3.05) is 17.5 Å². The number of hydrogen-bond acceptors (Lipinski definition) is 5. The maximum absolute atomic E-state index is 14.4. The van der Waals surface area contributed by atoms with E-state index >= 15 is 0 Å². The highest BCUT2D eigenvalue weighted by atomic mass is 32.2. The molecule has 1 N–H and O–H groups in total. The molecular formula is C35H38FN3O5S. The van der Waals surface area contributed by atoms with Gasteiger partial charge in [0.1, 0.15) is 24.2 Å². The molecule has 0 saturated carbocycles. The minimum atomic E-state index is -4.32. The van der Waals surface area contributed by atoms with Crippen LogP contribution < -0.4 is 14.4 Å². The van der Waals surface area contributed by atoms with Gasteiger partial charge in [-0.1, -0.05) is 60.7 Å². The SMILES string of the molecule is CCOc1ccc(S(=O)(=O)N(CC(=O)N(Cc2ccccc2)[C@H](Cc2ccccc2)C(=O)NC(C)C)c2ccc(F)cc2)cc1. The minimum Gasteiger partial charge on any atom is -0.494 e. The van der Waals surface area contributed by atoms with E-state index in [4.69, 9.17) is 4.74 Å². The maximum Gasteiger partial charge on any atom is 0.264 e. The molecule has 0 aliphatic rings. The van der Waals surface area contributed by atoms with Gasteiger partial charge in [0.15, 0.2) is 0 Å². The van der Waals surface area contributed by atoms with Crippen molar-refractivity contribution in [1.82, 2.24) is 10.2 Å². The lowest BCUT2D eigenvalue weighted by Crippen LogP contribution is -2.54. The van der Waals surface area contributed by atoms with E-state index < -0.39 is 34.3 Å². The van der Waals surface area contributed by atoms with E-state index in [1.807, 2.05) is 81.4 Å². The predicted molar refractivity (Wildman–Crippen MR) is 173 cm³/mol. The van der Waals surface area contributed by atoms with Gasteiger partial charge in [0, 0.05) is 19.0 Å². The first-order valence-electron chi connectivity index (χ1n) is 14.8. The van der Waals surface area contributed by atoms with Crippen LogP contribution in [-0.2, 0) is 32.6 Å². The summed E-state index contributed by atoms with van der Waals surface area (Å²) in [6.45, 7) is 5.33. The molecule has 8 nitrogen and oxygen atoms in total. The summed E-state index contributed by atoms with van der Waals surface area (Å²) < 4.78 is 48.5. The molecule has 1 atom stereocenters. The number of nitrogens with one attached hydrogen (secondary N) is 1. The Labute approximate surface area is 264 Å². The van der Waals surface area contributed by atoms with Crippen molar-refractivity contribution in [3.05, 3.63) is 126 Å². The molecule has 0 aromatic heterocycles. The standard InChI is InChI=1S/C35H38FN3O5S/c1-4-44-31-19-21-32(22-20-31)45(42,43)39(30-17-15-29(36)16-18-30)25-34(40)38(24-28-13-9-6-10-14-28)33(35(41)37-26(2)3)23-27-11-7-5-8-12-27/h5-22,26,33H,4,23-25H2,1-3H3,(H,37,41)/t33-/m1/s1. The Kier molecular flexibility index (Phi) is 11.3. The first kappa shape index (κ1) is 33.2. The molecule has 0 aliphatic heterocycles. The van der Waals surface area contributed by atoms with E-state index in [9.17, 15) is 22.4 Å². The highest BCUT2D eigenvalue weighted by Gasteiger charge is 2.34. The van der Waals surface area contributed by atoms with E-state index in [0.717, 1.165) is 27.6 Å². The summed E-state index contributed by atoms with van der Waals surface area (Å²) in [4.78, 5) is 29.4. The van der Waals surface area contributed by atoms with Gasteiger partial charge in [0.05, 0.1) is 17.2 Å². The van der Waals surface area contributed by atoms with Crippen LogP contribution in [0.3, 0.4) is 0 Å². The lowest BCUT2D eigenvalue weighted by Gasteiger charge is -2.34. The number of carbonyl (C=O) groups excluding carboxylic acids is 2. The number of sulfonamides is 1. The summed E-state index contributed by atoms with van der Waals surface area (Å²) in [5.41, 5.74) is 1.71. The average Bonchev–Trinajstić information content (AvgIpc) is 3.03. The van der Waals surface area contributed by atoms with Crippen LogP contribution in [0.25, 0.3) is 0 Å². The van der Waals surface area contributed by atoms with Gasteiger partial charge in [0.25, 0.3) is 10.0 Å². The van der Waals surface area contributed by atoms with Crippen LogP contribution in [0.2, 0.25) is 0 Å². The van der Waals surface area contributed by atoms with Gasteiger partial charge >= 0.3 is 0 Å². The zero-order valence-corrected chi connectivity index (χ0v) is 26.4. The highest BCUT2D eigenvalue weighted by Crippen LogP contribution is 2.27. The number of halogens is 1. The number of rotatable bonds is 14. The first-order chi connectivity index (χ1) is 21.6. The van der Waals surface area contributed by atoms with Crippen LogP contribution in [0.5, 0.6) is 5.75 Å². The zero-order valence-electron chi connectivity index (χ0n) is 25.6. The Morgan fingerprint density at radius 3 is 1.96 bits per heavy atom. The largest absolute Gasteiger partial charge is 0.494 e. The van der Waals surface area contributed by atoms with Crippen molar-refractivity contribution in [1.29, 1.82) is 0 Å². The molecule has 4 rings (SSSR count). The summed E-state index contributed by atoms with van der Waals surface area (Å²) in [6, 6.07) is 28.1. The van der Waals surface area contributed by atoms with Crippen LogP contribution in [0.15, 0.2) is 114 Å². The molecule has 4 aromatic rings. The molecule has 0 unspecified atom stereocenters. The Morgan fingerprint density at radius 1 is 0.822 bits per heavy atom. The van der Waals surface area contributed by atoms with Gasteiger partial charge in [-0.05, 0) is 80.4 Å². The molecule has 45 heavy (non-hydrogen) atoms. The van der Waals surface area contributed by atoms with Gasteiger partial charge < -0.3 is 15.0 Å². The van der Waals surface area contributed by atoms with Crippen LogP contribution in [0.1, 0.15) is 31.9 Å². The second-order valence-electron chi connectivity index (χ2n) is 10.8. The van der Waals surface area contributed by atoms with Crippen LogP contribution in [-0.4, -0.2) is 50.4 Å². The third-order valence-corrected chi connectivity index (χ3v) is 8.80.